The molecule has 2 aromatic rings. The van der Waals surface area contributed by atoms with Crippen molar-refractivity contribution >= 4 is 28.9 Å². The Morgan fingerprint density at radius 3 is 2.42 bits per heavy atom. The van der Waals surface area contributed by atoms with Crippen LogP contribution in [-0.2, 0) is 0 Å². The molecule has 1 fully saturated rings. The zero-order valence-electron chi connectivity index (χ0n) is 15.4. The van der Waals surface area contributed by atoms with Crippen LogP contribution in [0.1, 0.15) is 39.0 Å². The zero-order chi connectivity index (χ0) is 18.8. The van der Waals surface area contributed by atoms with Crippen LogP contribution in [-0.4, -0.2) is 54.2 Å². The molecule has 6 heteroatoms. The highest BCUT2D eigenvalue weighted by atomic mass is 35.5. The van der Waals surface area contributed by atoms with Crippen molar-refractivity contribution in [2.24, 2.45) is 0 Å². The minimum atomic E-state index is -0.00886. The first kappa shape index (κ1) is 18.7. The van der Waals surface area contributed by atoms with Gasteiger partial charge < -0.3 is 9.88 Å². The fourth-order valence-corrected chi connectivity index (χ4v) is 3.86. The summed E-state index contributed by atoms with van der Waals surface area (Å²) >= 11 is 6.07. The Balaban J connectivity index is 1.62. The van der Waals surface area contributed by atoms with Crippen molar-refractivity contribution in [3.8, 4) is 0 Å². The van der Waals surface area contributed by atoms with E-state index in [4.69, 9.17) is 11.6 Å². The molecule has 2 heterocycles. The third-order valence-electron chi connectivity index (χ3n) is 4.98. The standard InChI is InChI=1S/C20H24ClN3O2/c1-13-19(15(3)25)14(2)22-20(13)18(26)12-23-7-9-24(10-8-23)17-6-4-5-16(21)11-17/h4-6,11,22H,7-10,12H2,1-3H3. The van der Waals surface area contributed by atoms with Gasteiger partial charge in [-0.3, -0.25) is 14.5 Å². The molecule has 0 atom stereocenters. The van der Waals surface area contributed by atoms with Crippen LogP contribution in [0.25, 0.3) is 0 Å². The van der Waals surface area contributed by atoms with Crippen molar-refractivity contribution in [3.63, 3.8) is 0 Å². The van der Waals surface area contributed by atoms with Crippen LogP contribution >= 0.6 is 11.6 Å². The number of aromatic nitrogens is 1. The molecule has 0 amide bonds. The number of nitrogens with one attached hydrogen (secondary N) is 1. The van der Waals surface area contributed by atoms with Gasteiger partial charge in [0.25, 0.3) is 0 Å². The Labute approximate surface area is 158 Å². The second kappa shape index (κ2) is 7.64. The lowest BCUT2D eigenvalue weighted by Crippen LogP contribution is -2.48. The number of hydrogen-bond acceptors (Lipinski definition) is 4. The van der Waals surface area contributed by atoms with Crippen LogP contribution in [0.15, 0.2) is 24.3 Å². The third kappa shape index (κ3) is 3.84. The molecule has 0 aliphatic carbocycles. The fraction of sp³-hybridized carbons (Fsp3) is 0.400. The Morgan fingerprint density at radius 2 is 1.85 bits per heavy atom. The van der Waals surface area contributed by atoms with Gasteiger partial charge in [0.05, 0.1) is 12.2 Å². The minimum absolute atomic E-state index is 0.00886. The van der Waals surface area contributed by atoms with Crippen LogP contribution in [0.3, 0.4) is 0 Å². The van der Waals surface area contributed by atoms with Crippen molar-refractivity contribution in [2.75, 3.05) is 37.6 Å². The first-order chi connectivity index (χ1) is 12.4. The first-order valence-electron chi connectivity index (χ1n) is 8.83. The Hall–Kier alpha value is -2.11. The largest absolute Gasteiger partial charge is 0.369 e. The predicted octanol–water partition coefficient (Wildman–Crippen LogP) is 3.49. The van der Waals surface area contributed by atoms with Gasteiger partial charge >= 0.3 is 0 Å². The van der Waals surface area contributed by atoms with Gasteiger partial charge in [-0.2, -0.15) is 0 Å². The number of ketones is 2. The van der Waals surface area contributed by atoms with Gasteiger partial charge in [0, 0.05) is 48.1 Å². The molecule has 0 radical (unpaired) electrons. The van der Waals surface area contributed by atoms with Gasteiger partial charge in [0.15, 0.2) is 11.6 Å². The highest BCUT2D eigenvalue weighted by Gasteiger charge is 2.24. The summed E-state index contributed by atoms with van der Waals surface area (Å²) < 4.78 is 0. The lowest BCUT2D eigenvalue weighted by Gasteiger charge is -2.35. The van der Waals surface area contributed by atoms with E-state index in [-0.39, 0.29) is 11.6 Å². The van der Waals surface area contributed by atoms with E-state index in [2.05, 4.69) is 20.9 Å². The first-order valence-corrected chi connectivity index (χ1v) is 9.20. The molecule has 1 N–H and O–H groups in total. The van der Waals surface area contributed by atoms with Crippen molar-refractivity contribution in [1.82, 2.24) is 9.88 Å². The number of hydrogen-bond donors (Lipinski definition) is 1. The molecule has 0 unspecified atom stereocenters. The molecule has 5 nitrogen and oxygen atoms in total. The van der Waals surface area contributed by atoms with Crippen LogP contribution in [0, 0.1) is 13.8 Å². The monoisotopic (exact) mass is 373 g/mol. The second-order valence-corrected chi connectivity index (χ2v) is 7.28. The van der Waals surface area contributed by atoms with Gasteiger partial charge in [0.2, 0.25) is 0 Å². The number of carbonyl (C=O) groups excluding carboxylic acids is 2. The van der Waals surface area contributed by atoms with Gasteiger partial charge in [0.1, 0.15) is 0 Å². The van der Waals surface area contributed by atoms with E-state index in [1.165, 1.54) is 6.92 Å². The Morgan fingerprint density at radius 1 is 1.15 bits per heavy atom. The van der Waals surface area contributed by atoms with E-state index in [1.807, 2.05) is 32.0 Å². The normalized spacial score (nSPS) is 15.3. The number of benzene rings is 1. The average molecular weight is 374 g/mol. The maximum absolute atomic E-state index is 12.7. The molecule has 1 aliphatic rings. The lowest BCUT2D eigenvalue weighted by molar-refractivity contribution is 0.0921. The molecule has 1 saturated heterocycles. The highest BCUT2D eigenvalue weighted by Crippen LogP contribution is 2.22. The summed E-state index contributed by atoms with van der Waals surface area (Å²) in [5.74, 6) is 0.0275. The molecule has 1 aliphatic heterocycles. The predicted molar refractivity (Wildman–Crippen MR) is 105 cm³/mol. The molecule has 0 saturated carbocycles. The highest BCUT2D eigenvalue weighted by molar-refractivity contribution is 6.30. The SMILES string of the molecule is CC(=O)c1c(C)[nH]c(C(=O)CN2CCN(c3cccc(Cl)c3)CC2)c1C. The molecule has 26 heavy (non-hydrogen) atoms. The van der Waals surface area contributed by atoms with Crippen molar-refractivity contribution < 1.29 is 9.59 Å². The quantitative estimate of drug-likeness (QED) is 0.815. The lowest BCUT2D eigenvalue weighted by atomic mass is 10.1. The second-order valence-electron chi connectivity index (χ2n) is 6.85. The van der Waals surface area contributed by atoms with E-state index in [0.29, 0.717) is 17.8 Å². The number of Topliss-reactive ketones (excluding diaryl/α,β-unsaturated/α-hetero) is 2. The summed E-state index contributed by atoms with van der Waals surface area (Å²) in [4.78, 5) is 32.0. The molecule has 138 valence electrons. The number of carbonyl (C=O) groups is 2. The Kier molecular flexibility index (Phi) is 5.49. The van der Waals surface area contributed by atoms with Gasteiger partial charge in [-0.15, -0.1) is 0 Å². The molecule has 0 bridgehead atoms. The Bertz CT molecular complexity index is 836. The average Bonchev–Trinajstić information content (AvgIpc) is 2.90. The minimum Gasteiger partial charge on any atom is -0.369 e. The van der Waals surface area contributed by atoms with E-state index in [1.54, 1.807) is 0 Å². The summed E-state index contributed by atoms with van der Waals surface area (Å²) in [7, 11) is 0. The summed E-state index contributed by atoms with van der Waals surface area (Å²) in [6.45, 7) is 8.92. The molecular formula is C20H24ClN3O2. The maximum Gasteiger partial charge on any atom is 0.193 e. The number of nitrogens with zero attached hydrogens (tertiary/aromatic N) is 2. The molecular weight excluding hydrogens is 350 g/mol. The van der Waals surface area contributed by atoms with E-state index in [0.717, 1.165) is 48.1 Å². The van der Waals surface area contributed by atoms with E-state index < -0.39 is 0 Å². The number of anilines is 1. The topological polar surface area (TPSA) is 56.4 Å². The summed E-state index contributed by atoms with van der Waals surface area (Å²) in [5.41, 5.74) is 3.84. The van der Waals surface area contributed by atoms with Crippen LogP contribution in [0.2, 0.25) is 5.02 Å². The maximum atomic E-state index is 12.7. The number of aryl methyl sites for hydroxylation is 1. The summed E-state index contributed by atoms with van der Waals surface area (Å²) in [6, 6.07) is 7.85. The van der Waals surface area contributed by atoms with E-state index in [9.17, 15) is 9.59 Å². The molecule has 0 spiro atoms. The van der Waals surface area contributed by atoms with Gasteiger partial charge in [-0.25, -0.2) is 0 Å². The summed E-state index contributed by atoms with van der Waals surface area (Å²) in [6.07, 6.45) is 0. The molecule has 1 aromatic carbocycles. The van der Waals surface area contributed by atoms with Gasteiger partial charge in [-0.1, -0.05) is 17.7 Å². The smallest absolute Gasteiger partial charge is 0.193 e. The molecule has 3 rings (SSSR count). The van der Waals surface area contributed by atoms with Crippen LogP contribution in [0.4, 0.5) is 5.69 Å². The van der Waals surface area contributed by atoms with Crippen molar-refractivity contribution in [1.29, 1.82) is 0 Å². The summed E-state index contributed by atoms with van der Waals surface area (Å²) in [5, 5.41) is 0.735. The van der Waals surface area contributed by atoms with Crippen LogP contribution < -0.4 is 4.90 Å². The number of aromatic amines is 1. The van der Waals surface area contributed by atoms with Gasteiger partial charge in [-0.05, 0) is 44.5 Å². The number of piperazine rings is 1. The molecule has 1 aromatic heterocycles. The number of H-pyrrole nitrogens is 1. The number of rotatable bonds is 5. The van der Waals surface area contributed by atoms with Crippen LogP contribution in [0.5, 0.6) is 0 Å². The number of halogens is 1. The third-order valence-corrected chi connectivity index (χ3v) is 5.22. The van der Waals surface area contributed by atoms with E-state index >= 15 is 0 Å². The fourth-order valence-electron chi connectivity index (χ4n) is 3.68. The van der Waals surface area contributed by atoms with Crippen molar-refractivity contribution in [2.45, 2.75) is 20.8 Å². The van der Waals surface area contributed by atoms with Crippen molar-refractivity contribution in [3.05, 3.63) is 51.8 Å². The zero-order valence-corrected chi connectivity index (χ0v) is 16.2.